The molecule has 22 heavy (non-hydrogen) atoms. The van der Waals surface area contributed by atoms with E-state index in [9.17, 15) is 4.79 Å². The van der Waals surface area contributed by atoms with Gasteiger partial charge in [0.15, 0.2) is 0 Å². The van der Waals surface area contributed by atoms with Gasteiger partial charge in [0.05, 0.1) is 0 Å². The van der Waals surface area contributed by atoms with Gasteiger partial charge in [-0.1, -0.05) is 38.0 Å². The Bertz CT molecular complexity index is 461. The Morgan fingerprint density at radius 2 is 2.14 bits per heavy atom. The zero-order chi connectivity index (χ0) is 16.4. The van der Waals surface area contributed by atoms with Crippen LogP contribution in [0.4, 0.5) is 0 Å². The SMILES string of the molecule is C=C(C)CCC[C@]1(C)CCC=C2[C@H]1CC[C@@H](C)[C@@]2(C)CC=O. The van der Waals surface area contributed by atoms with Gasteiger partial charge in [0, 0.05) is 6.42 Å². The fourth-order valence-corrected chi connectivity index (χ4v) is 4.99. The minimum absolute atomic E-state index is 0.0979. The van der Waals surface area contributed by atoms with E-state index in [4.69, 9.17) is 0 Å². The Morgan fingerprint density at radius 3 is 2.77 bits per heavy atom. The van der Waals surface area contributed by atoms with Crippen LogP contribution >= 0.6 is 0 Å². The number of hydrogen-bond donors (Lipinski definition) is 0. The van der Waals surface area contributed by atoms with Crippen LogP contribution in [-0.4, -0.2) is 6.29 Å². The predicted octanol–water partition coefficient (Wildman–Crippen LogP) is 6.10. The van der Waals surface area contributed by atoms with E-state index in [2.05, 4.69) is 40.3 Å². The highest BCUT2D eigenvalue weighted by Crippen LogP contribution is 2.58. The van der Waals surface area contributed by atoms with Crippen LogP contribution in [0.15, 0.2) is 23.8 Å². The van der Waals surface area contributed by atoms with E-state index in [-0.39, 0.29) is 5.41 Å². The van der Waals surface area contributed by atoms with Gasteiger partial charge in [0.1, 0.15) is 6.29 Å². The maximum atomic E-state index is 11.3. The van der Waals surface area contributed by atoms with Crippen molar-refractivity contribution in [1.29, 1.82) is 0 Å². The lowest BCUT2D eigenvalue weighted by Gasteiger charge is -2.53. The van der Waals surface area contributed by atoms with Crippen molar-refractivity contribution in [3.63, 3.8) is 0 Å². The molecule has 0 bridgehead atoms. The Balaban J connectivity index is 2.20. The molecule has 0 spiro atoms. The molecule has 2 aliphatic carbocycles. The summed E-state index contributed by atoms with van der Waals surface area (Å²) in [6.45, 7) is 13.4. The predicted molar refractivity (Wildman–Crippen MR) is 94.8 cm³/mol. The summed E-state index contributed by atoms with van der Waals surface area (Å²) in [5.74, 6) is 1.31. The first-order valence-corrected chi connectivity index (χ1v) is 9.12. The minimum Gasteiger partial charge on any atom is -0.303 e. The highest BCUT2D eigenvalue weighted by molar-refractivity contribution is 5.53. The molecule has 0 amide bonds. The lowest BCUT2D eigenvalue weighted by atomic mass is 9.51. The first kappa shape index (κ1) is 17.5. The first-order valence-electron chi connectivity index (χ1n) is 9.12. The normalized spacial score (nSPS) is 38.1. The quantitative estimate of drug-likeness (QED) is 0.428. The summed E-state index contributed by atoms with van der Waals surface area (Å²) in [6.07, 6.45) is 13.1. The molecule has 0 aliphatic heterocycles. The molecule has 0 radical (unpaired) electrons. The van der Waals surface area contributed by atoms with Crippen LogP contribution in [0.2, 0.25) is 0 Å². The van der Waals surface area contributed by atoms with E-state index in [1.807, 2.05) is 0 Å². The molecule has 0 aromatic rings. The Kier molecular flexibility index (Phi) is 5.35. The van der Waals surface area contributed by atoms with Crippen molar-refractivity contribution in [2.45, 2.75) is 79.1 Å². The van der Waals surface area contributed by atoms with Crippen molar-refractivity contribution in [3.05, 3.63) is 23.8 Å². The van der Waals surface area contributed by atoms with Gasteiger partial charge in [-0.25, -0.2) is 0 Å². The van der Waals surface area contributed by atoms with E-state index >= 15 is 0 Å². The molecule has 1 nitrogen and oxygen atoms in total. The monoisotopic (exact) mass is 302 g/mol. The first-order chi connectivity index (χ1) is 10.3. The van der Waals surface area contributed by atoms with Gasteiger partial charge in [0.2, 0.25) is 0 Å². The van der Waals surface area contributed by atoms with Gasteiger partial charge < -0.3 is 4.79 Å². The fourth-order valence-electron chi connectivity index (χ4n) is 4.99. The zero-order valence-corrected chi connectivity index (χ0v) is 15.1. The van der Waals surface area contributed by atoms with Crippen molar-refractivity contribution >= 4 is 6.29 Å². The van der Waals surface area contributed by atoms with Gasteiger partial charge in [-0.15, -0.1) is 6.58 Å². The molecule has 0 N–H and O–H groups in total. The second-order valence-electron chi connectivity index (χ2n) is 8.48. The molecule has 124 valence electrons. The van der Waals surface area contributed by atoms with Crippen LogP contribution in [0, 0.1) is 22.7 Å². The fraction of sp³-hybridized carbons (Fsp3) is 0.762. The highest BCUT2D eigenvalue weighted by Gasteiger charge is 2.48. The number of rotatable bonds is 6. The Morgan fingerprint density at radius 1 is 1.41 bits per heavy atom. The molecule has 0 heterocycles. The van der Waals surface area contributed by atoms with E-state index < -0.39 is 0 Å². The van der Waals surface area contributed by atoms with E-state index in [0.717, 1.165) is 12.7 Å². The largest absolute Gasteiger partial charge is 0.303 e. The summed E-state index contributed by atoms with van der Waals surface area (Å²) in [5.41, 5.74) is 3.44. The number of carbonyl (C=O) groups is 1. The minimum atomic E-state index is 0.0979. The smallest absolute Gasteiger partial charge is 0.120 e. The lowest BCUT2D eigenvalue weighted by molar-refractivity contribution is -0.110. The Hall–Kier alpha value is -0.850. The second-order valence-corrected chi connectivity index (χ2v) is 8.48. The van der Waals surface area contributed by atoms with Gasteiger partial charge in [-0.3, -0.25) is 0 Å². The summed E-state index contributed by atoms with van der Waals surface area (Å²) >= 11 is 0. The van der Waals surface area contributed by atoms with Crippen molar-refractivity contribution in [2.75, 3.05) is 0 Å². The average Bonchev–Trinajstić information content (AvgIpc) is 2.44. The average molecular weight is 303 g/mol. The van der Waals surface area contributed by atoms with E-state index in [1.165, 1.54) is 44.1 Å². The van der Waals surface area contributed by atoms with Gasteiger partial charge >= 0.3 is 0 Å². The molecule has 0 unspecified atom stereocenters. The summed E-state index contributed by atoms with van der Waals surface area (Å²) < 4.78 is 0. The van der Waals surface area contributed by atoms with Gasteiger partial charge in [-0.2, -0.15) is 0 Å². The van der Waals surface area contributed by atoms with Crippen LogP contribution < -0.4 is 0 Å². The summed E-state index contributed by atoms with van der Waals surface area (Å²) in [5, 5.41) is 0. The van der Waals surface area contributed by atoms with E-state index in [1.54, 1.807) is 5.57 Å². The number of aldehydes is 1. The third kappa shape index (κ3) is 3.24. The lowest BCUT2D eigenvalue weighted by Crippen LogP contribution is -2.44. The van der Waals surface area contributed by atoms with Crippen molar-refractivity contribution < 1.29 is 4.79 Å². The molecule has 0 aromatic carbocycles. The van der Waals surface area contributed by atoms with Crippen LogP contribution in [0.3, 0.4) is 0 Å². The topological polar surface area (TPSA) is 17.1 Å². The molecule has 4 atom stereocenters. The van der Waals surface area contributed by atoms with Crippen molar-refractivity contribution in [1.82, 2.24) is 0 Å². The zero-order valence-electron chi connectivity index (χ0n) is 15.1. The molecular formula is C21H34O. The summed E-state index contributed by atoms with van der Waals surface area (Å²) in [4.78, 5) is 11.3. The molecule has 2 rings (SSSR count). The standard InChI is InChI=1S/C21H34O/c1-16(2)8-6-12-20(4)13-7-9-19-18(20)11-10-17(3)21(19,5)14-15-22/h9,15,17-18H,1,6-8,10-14H2,2-5H3/t17-,18-,20-,21-/m1/s1. The molecule has 2 aliphatic rings. The van der Waals surface area contributed by atoms with Crippen LogP contribution in [0.5, 0.6) is 0 Å². The van der Waals surface area contributed by atoms with Crippen molar-refractivity contribution in [3.8, 4) is 0 Å². The van der Waals surface area contributed by atoms with E-state index in [0.29, 0.717) is 23.7 Å². The summed E-state index contributed by atoms with van der Waals surface area (Å²) in [6, 6.07) is 0. The maximum absolute atomic E-state index is 11.3. The Labute approximate surface area is 137 Å². The third-order valence-electron chi connectivity index (χ3n) is 6.79. The van der Waals surface area contributed by atoms with Crippen LogP contribution in [0.1, 0.15) is 79.1 Å². The van der Waals surface area contributed by atoms with Gasteiger partial charge in [-0.05, 0) is 74.5 Å². The molecule has 1 fully saturated rings. The van der Waals surface area contributed by atoms with Crippen LogP contribution in [0.25, 0.3) is 0 Å². The third-order valence-corrected chi connectivity index (χ3v) is 6.79. The second kappa shape index (κ2) is 6.72. The molecule has 1 saturated carbocycles. The number of carbonyl (C=O) groups excluding carboxylic acids is 1. The number of fused-ring (bicyclic) bond motifs is 1. The highest BCUT2D eigenvalue weighted by atomic mass is 16.1. The molecule has 0 saturated heterocycles. The van der Waals surface area contributed by atoms with Gasteiger partial charge in [0.25, 0.3) is 0 Å². The maximum Gasteiger partial charge on any atom is 0.120 e. The molecular weight excluding hydrogens is 268 g/mol. The molecule has 1 heteroatoms. The van der Waals surface area contributed by atoms with Crippen LogP contribution in [-0.2, 0) is 4.79 Å². The van der Waals surface area contributed by atoms with Crippen molar-refractivity contribution in [2.24, 2.45) is 22.7 Å². The number of allylic oxidation sites excluding steroid dienone is 3. The summed E-state index contributed by atoms with van der Waals surface area (Å²) in [7, 11) is 0. The molecule has 0 aromatic heterocycles. The number of hydrogen-bond acceptors (Lipinski definition) is 1.